The molecule has 27 heavy (non-hydrogen) atoms. The monoisotopic (exact) mass is 388 g/mol. The van der Waals surface area contributed by atoms with Crippen molar-refractivity contribution in [2.75, 3.05) is 12.3 Å². The molecule has 0 aliphatic heterocycles. The van der Waals surface area contributed by atoms with Gasteiger partial charge in [0.05, 0.1) is 10.5 Å². The van der Waals surface area contributed by atoms with Gasteiger partial charge < -0.3 is 10.4 Å². The number of carboxylic acids is 1. The number of amides is 1. The number of carbonyl (C=O) groups excluding carboxylic acids is 1. The van der Waals surface area contributed by atoms with Crippen LogP contribution in [0.15, 0.2) is 53.4 Å². The molecule has 142 valence electrons. The normalized spacial score (nSPS) is 12.8. The summed E-state index contributed by atoms with van der Waals surface area (Å²) in [5.41, 5.74) is -0.795. The van der Waals surface area contributed by atoms with Gasteiger partial charge in [0.1, 0.15) is 5.41 Å². The number of carbonyl (C=O) groups is 2. The molecule has 1 atom stereocenters. The molecule has 0 heterocycles. The predicted molar refractivity (Wildman–Crippen MR) is 103 cm³/mol. The molecule has 2 aromatic rings. The third-order valence-corrected chi connectivity index (χ3v) is 5.16. The van der Waals surface area contributed by atoms with Crippen LogP contribution in [-0.4, -0.2) is 34.2 Å². The van der Waals surface area contributed by atoms with Gasteiger partial charge >= 0.3 is 5.97 Å². The number of hydrogen-bond donors (Lipinski definition) is 2. The first-order valence-corrected chi connectivity index (χ1v) is 9.26. The smallest absolute Gasteiger partial charge is 0.315 e. The number of non-ortho nitro benzene ring substituents is 1. The summed E-state index contributed by atoms with van der Waals surface area (Å²) in [4.78, 5) is 35.6. The summed E-state index contributed by atoms with van der Waals surface area (Å²) in [5, 5.41) is 23.3. The Bertz CT molecular complexity index is 856. The maximum absolute atomic E-state index is 12.7. The number of nitrogens with one attached hydrogen (secondary N) is 1. The van der Waals surface area contributed by atoms with Crippen molar-refractivity contribution in [1.82, 2.24) is 5.32 Å². The molecule has 0 saturated heterocycles. The molecule has 2 N–H and O–H groups in total. The highest BCUT2D eigenvalue weighted by Gasteiger charge is 2.35. The molecule has 0 bridgehead atoms. The molecule has 0 aliphatic carbocycles. The van der Waals surface area contributed by atoms with E-state index >= 15 is 0 Å². The van der Waals surface area contributed by atoms with E-state index in [0.29, 0.717) is 16.2 Å². The second-order valence-corrected chi connectivity index (χ2v) is 7.36. The molecule has 8 heteroatoms. The Morgan fingerprint density at radius 2 is 1.89 bits per heavy atom. The fourth-order valence-electron chi connectivity index (χ4n) is 2.55. The topological polar surface area (TPSA) is 110 Å². The van der Waals surface area contributed by atoms with Crippen molar-refractivity contribution in [3.63, 3.8) is 0 Å². The van der Waals surface area contributed by atoms with Crippen LogP contribution in [-0.2, 0) is 10.2 Å². The number of nitro benzene ring substituents is 1. The number of rotatable bonds is 8. The van der Waals surface area contributed by atoms with Crippen LogP contribution in [0.3, 0.4) is 0 Å². The molecular formula is C19H20N2O5S. The summed E-state index contributed by atoms with van der Waals surface area (Å²) in [5.74, 6) is -0.927. The molecule has 2 rings (SSSR count). The van der Waals surface area contributed by atoms with Crippen molar-refractivity contribution < 1.29 is 19.6 Å². The minimum atomic E-state index is -1.32. The third kappa shape index (κ3) is 4.65. The zero-order valence-electron chi connectivity index (χ0n) is 15.0. The van der Waals surface area contributed by atoms with Crippen LogP contribution >= 0.6 is 11.8 Å². The summed E-state index contributed by atoms with van der Waals surface area (Å²) < 4.78 is 0. The minimum Gasteiger partial charge on any atom is -0.481 e. The van der Waals surface area contributed by atoms with Crippen LogP contribution in [0.1, 0.15) is 29.8 Å². The Morgan fingerprint density at radius 3 is 2.44 bits per heavy atom. The lowest BCUT2D eigenvalue weighted by Crippen LogP contribution is -2.44. The number of nitro groups is 1. The summed E-state index contributed by atoms with van der Waals surface area (Å²) in [6, 6.07) is 12.7. The lowest BCUT2D eigenvalue weighted by molar-refractivity contribution is -0.384. The average Bonchev–Trinajstić information content (AvgIpc) is 2.66. The van der Waals surface area contributed by atoms with Crippen LogP contribution in [0.25, 0.3) is 0 Å². The van der Waals surface area contributed by atoms with E-state index in [1.807, 2.05) is 6.92 Å². The lowest BCUT2D eigenvalue weighted by Gasteiger charge is -2.26. The van der Waals surface area contributed by atoms with E-state index < -0.39 is 22.2 Å². The van der Waals surface area contributed by atoms with Gasteiger partial charge in [-0.1, -0.05) is 37.3 Å². The first-order chi connectivity index (χ1) is 12.8. The molecule has 7 nitrogen and oxygen atoms in total. The fourth-order valence-corrected chi connectivity index (χ4v) is 3.33. The maximum atomic E-state index is 12.7. The first-order valence-electron chi connectivity index (χ1n) is 8.28. The van der Waals surface area contributed by atoms with Gasteiger partial charge in [-0.25, -0.2) is 0 Å². The number of carboxylic acid groups (broad SMARTS) is 1. The molecule has 0 aliphatic rings. The number of nitrogens with zero attached hydrogens (tertiary/aromatic N) is 1. The Hall–Kier alpha value is -2.87. The standard InChI is InChI=1S/C19H20N2O5S/c1-3-27-16-10-9-14(21(25)26)11-15(16)17(22)20-12-19(2,18(23)24)13-7-5-4-6-8-13/h4-11H,3,12H2,1-2H3,(H,20,22)(H,23,24). The molecule has 0 saturated carbocycles. The fraction of sp³-hybridized carbons (Fsp3) is 0.263. The lowest BCUT2D eigenvalue weighted by atomic mass is 9.82. The number of hydrogen-bond acceptors (Lipinski definition) is 5. The van der Waals surface area contributed by atoms with Crippen LogP contribution in [0.2, 0.25) is 0 Å². The quantitative estimate of drug-likeness (QED) is 0.407. The Morgan fingerprint density at radius 1 is 1.22 bits per heavy atom. The van der Waals surface area contributed by atoms with Crippen LogP contribution in [0, 0.1) is 10.1 Å². The SMILES string of the molecule is CCSc1ccc([N+](=O)[O-])cc1C(=O)NCC(C)(C(=O)O)c1ccccc1. The van der Waals surface area contributed by atoms with Crippen LogP contribution < -0.4 is 5.32 Å². The Kier molecular flexibility index (Phi) is 6.57. The number of benzene rings is 2. The molecule has 0 radical (unpaired) electrons. The van der Waals surface area contributed by atoms with Crippen LogP contribution in [0.5, 0.6) is 0 Å². The highest BCUT2D eigenvalue weighted by atomic mass is 32.2. The summed E-state index contributed by atoms with van der Waals surface area (Å²) in [6.07, 6.45) is 0. The molecule has 0 aromatic heterocycles. The van der Waals surface area contributed by atoms with Gasteiger partial charge in [-0.3, -0.25) is 19.7 Å². The average molecular weight is 388 g/mol. The van der Waals surface area contributed by atoms with Gasteiger partial charge in [0, 0.05) is 23.6 Å². The zero-order chi connectivity index (χ0) is 20.0. The Labute approximate surface area is 160 Å². The van der Waals surface area contributed by atoms with Gasteiger partial charge in [-0.15, -0.1) is 11.8 Å². The van der Waals surface area contributed by atoms with Gasteiger partial charge in [0.25, 0.3) is 11.6 Å². The van der Waals surface area contributed by atoms with E-state index in [-0.39, 0.29) is 17.8 Å². The van der Waals surface area contributed by atoms with Crippen molar-refractivity contribution in [2.45, 2.75) is 24.2 Å². The first kappa shape index (κ1) is 20.4. The highest BCUT2D eigenvalue weighted by Crippen LogP contribution is 2.28. The summed E-state index contributed by atoms with van der Waals surface area (Å²) >= 11 is 1.39. The summed E-state index contributed by atoms with van der Waals surface area (Å²) in [7, 11) is 0. The molecular weight excluding hydrogens is 368 g/mol. The number of thioether (sulfide) groups is 1. The number of aliphatic carboxylic acids is 1. The maximum Gasteiger partial charge on any atom is 0.315 e. The van der Waals surface area contributed by atoms with Gasteiger partial charge in [0.2, 0.25) is 0 Å². The predicted octanol–water partition coefficient (Wildman–Crippen LogP) is 3.48. The van der Waals surface area contributed by atoms with Crippen LogP contribution in [0.4, 0.5) is 5.69 Å². The van der Waals surface area contributed by atoms with Crippen molar-refractivity contribution in [3.8, 4) is 0 Å². The second-order valence-electron chi connectivity index (χ2n) is 6.06. The second kappa shape index (κ2) is 8.68. The van der Waals surface area contributed by atoms with E-state index in [0.717, 1.165) is 0 Å². The van der Waals surface area contributed by atoms with Gasteiger partial charge in [-0.05, 0) is 24.3 Å². The molecule has 1 amide bonds. The largest absolute Gasteiger partial charge is 0.481 e. The summed E-state index contributed by atoms with van der Waals surface area (Å²) in [6.45, 7) is 3.29. The van der Waals surface area contributed by atoms with Crippen molar-refractivity contribution in [1.29, 1.82) is 0 Å². The van der Waals surface area contributed by atoms with Crippen molar-refractivity contribution >= 4 is 29.3 Å². The highest BCUT2D eigenvalue weighted by molar-refractivity contribution is 7.99. The van der Waals surface area contributed by atoms with Gasteiger partial charge in [0.15, 0.2) is 0 Å². The van der Waals surface area contributed by atoms with E-state index in [4.69, 9.17) is 0 Å². The van der Waals surface area contributed by atoms with E-state index in [2.05, 4.69) is 5.32 Å². The van der Waals surface area contributed by atoms with E-state index in [1.165, 1.54) is 36.9 Å². The molecule has 0 spiro atoms. The minimum absolute atomic E-state index is 0.149. The zero-order valence-corrected chi connectivity index (χ0v) is 15.8. The van der Waals surface area contributed by atoms with Crippen molar-refractivity contribution in [3.05, 3.63) is 69.8 Å². The Balaban J connectivity index is 2.29. The molecule has 1 unspecified atom stereocenters. The van der Waals surface area contributed by atoms with Crippen molar-refractivity contribution in [2.24, 2.45) is 0 Å². The third-order valence-electron chi connectivity index (χ3n) is 4.20. The molecule has 2 aromatic carbocycles. The van der Waals surface area contributed by atoms with E-state index in [9.17, 15) is 24.8 Å². The van der Waals surface area contributed by atoms with Gasteiger partial charge in [-0.2, -0.15) is 0 Å². The van der Waals surface area contributed by atoms with E-state index in [1.54, 1.807) is 30.3 Å². The molecule has 0 fully saturated rings.